The van der Waals surface area contributed by atoms with Gasteiger partial charge in [0.05, 0.1) is 6.54 Å². The molecule has 0 N–H and O–H groups in total. The van der Waals surface area contributed by atoms with Gasteiger partial charge in [0.15, 0.2) is 0 Å². The molecule has 0 radical (unpaired) electrons. The van der Waals surface area contributed by atoms with Gasteiger partial charge in [-0.15, -0.1) is 11.3 Å². The average Bonchev–Trinajstić information content (AvgIpc) is 3.22. The maximum atomic E-state index is 13.5. The predicted octanol–water partition coefficient (Wildman–Crippen LogP) is 5.97. The maximum absolute atomic E-state index is 13.5. The lowest BCUT2D eigenvalue weighted by Crippen LogP contribution is -2.46. The Morgan fingerprint density at radius 2 is 1.61 bits per heavy atom. The van der Waals surface area contributed by atoms with Crippen LogP contribution >= 0.6 is 11.3 Å². The summed E-state index contributed by atoms with van der Waals surface area (Å²) in [7, 11) is 0. The van der Waals surface area contributed by atoms with Gasteiger partial charge in [-0.3, -0.25) is 9.59 Å². The first kappa shape index (κ1) is 24.6. The molecule has 0 bridgehead atoms. The van der Waals surface area contributed by atoms with Gasteiger partial charge in [0, 0.05) is 27.9 Å². The molecule has 3 rings (SSSR count). The average molecular weight is 467 g/mol. The molecule has 0 unspecified atom stereocenters. The second kappa shape index (κ2) is 11.2. The number of aryl methyl sites for hydroxylation is 2. The van der Waals surface area contributed by atoms with E-state index in [1.807, 2.05) is 64.1 Å². The molecule has 3 aromatic rings. The highest BCUT2D eigenvalue weighted by molar-refractivity contribution is 7.11. The Balaban J connectivity index is 1.83. The van der Waals surface area contributed by atoms with E-state index in [0.717, 1.165) is 22.4 Å². The van der Waals surface area contributed by atoms with Crippen molar-refractivity contribution in [1.82, 2.24) is 9.80 Å². The van der Waals surface area contributed by atoms with Crippen LogP contribution in [0.2, 0.25) is 0 Å². The minimum Gasteiger partial charge on any atom is -0.332 e. The molecule has 4 nitrogen and oxygen atoms in total. The lowest BCUT2D eigenvalue weighted by molar-refractivity contribution is -0.133. The molecule has 0 spiro atoms. The zero-order valence-electron chi connectivity index (χ0n) is 19.7. The van der Waals surface area contributed by atoms with Gasteiger partial charge in [0.25, 0.3) is 5.91 Å². The van der Waals surface area contributed by atoms with Crippen LogP contribution in [-0.2, 0) is 17.9 Å². The summed E-state index contributed by atoms with van der Waals surface area (Å²) < 4.78 is 13.4. The van der Waals surface area contributed by atoms with E-state index in [9.17, 15) is 14.0 Å². The summed E-state index contributed by atoms with van der Waals surface area (Å²) in [6.07, 6.45) is 0.743. The van der Waals surface area contributed by atoms with Crippen LogP contribution in [0.25, 0.3) is 0 Å². The van der Waals surface area contributed by atoms with Gasteiger partial charge in [-0.1, -0.05) is 36.8 Å². The standard InChI is InChI=1S/C27H31FN2O2S/c1-5-20(3)30(27(32)23-11-6-19(2)7-12-23)18-26(31)29(17-25-15-8-21(4)33-25)16-22-9-13-24(28)14-10-22/h6-15,20H,5,16-18H2,1-4H3/t20-/m1/s1. The van der Waals surface area contributed by atoms with Crippen LogP contribution in [0.3, 0.4) is 0 Å². The molecule has 1 aromatic heterocycles. The minimum atomic E-state index is -0.308. The summed E-state index contributed by atoms with van der Waals surface area (Å²) >= 11 is 1.65. The summed E-state index contributed by atoms with van der Waals surface area (Å²) in [5.41, 5.74) is 2.50. The number of nitrogens with zero attached hydrogens (tertiary/aromatic N) is 2. The smallest absolute Gasteiger partial charge is 0.254 e. The van der Waals surface area contributed by atoms with Crippen molar-refractivity contribution < 1.29 is 14.0 Å². The first-order valence-corrected chi connectivity index (χ1v) is 12.0. The molecule has 0 saturated heterocycles. The second-order valence-electron chi connectivity index (χ2n) is 8.44. The molecule has 0 aliphatic carbocycles. The van der Waals surface area contributed by atoms with Gasteiger partial charge in [0.2, 0.25) is 5.91 Å². The van der Waals surface area contributed by atoms with Gasteiger partial charge < -0.3 is 9.80 Å². The van der Waals surface area contributed by atoms with Gasteiger partial charge >= 0.3 is 0 Å². The molecule has 1 atom stereocenters. The first-order valence-electron chi connectivity index (χ1n) is 11.2. The molecule has 2 aromatic carbocycles. The van der Waals surface area contributed by atoms with E-state index >= 15 is 0 Å². The number of thiophene rings is 1. The number of benzene rings is 2. The fourth-order valence-corrected chi connectivity index (χ4v) is 4.46. The van der Waals surface area contributed by atoms with Crippen molar-refractivity contribution in [3.63, 3.8) is 0 Å². The Kier molecular flexibility index (Phi) is 8.39. The highest BCUT2D eigenvalue weighted by Gasteiger charge is 2.26. The van der Waals surface area contributed by atoms with E-state index in [4.69, 9.17) is 0 Å². The Labute approximate surface area is 199 Å². The summed E-state index contributed by atoms with van der Waals surface area (Å²) in [6.45, 7) is 8.77. The monoisotopic (exact) mass is 466 g/mol. The fourth-order valence-electron chi connectivity index (χ4n) is 3.56. The van der Waals surface area contributed by atoms with Crippen molar-refractivity contribution in [3.8, 4) is 0 Å². The Morgan fingerprint density at radius 3 is 2.18 bits per heavy atom. The largest absolute Gasteiger partial charge is 0.332 e. The first-order chi connectivity index (χ1) is 15.8. The van der Waals surface area contributed by atoms with Crippen molar-refractivity contribution in [2.24, 2.45) is 0 Å². The quantitative estimate of drug-likeness (QED) is 0.390. The van der Waals surface area contributed by atoms with Gasteiger partial charge in [-0.25, -0.2) is 4.39 Å². The normalized spacial score (nSPS) is 11.8. The van der Waals surface area contributed by atoms with Crippen LogP contribution < -0.4 is 0 Å². The topological polar surface area (TPSA) is 40.6 Å². The highest BCUT2D eigenvalue weighted by Crippen LogP contribution is 2.20. The molecule has 33 heavy (non-hydrogen) atoms. The lowest BCUT2D eigenvalue weighted by atomic mass is 10.1. The van der Waals surface area contributed by atoms with E-state index < -0.39 is 0 Å². The van der Waals surface area contributed by atoms with Crippen molar-refractivity contribution in [2.45, 2.75) is 53.2 Å². The molecule has 0 aliphatic heterocycles. The Bertz CT molecular complexity index is 1080. The van der Waals surface area contributed by atoms with Gasteiger partial charge in [-0.2, -0.15) is 0 Å². The van der Waals surface area contributed by atoms with Crippen LogP contribution in [0.1, 0.15) is 51.5 Å². The zero-order chi connectivity index (χ0) is 24.0. The maximum Gasteiger partial charge on any atom is 0.254 e. The van der Waals surface area contributed by atoms with Crippen molar-refractivity contribution >= 4 is 23.2 Å². The molecule has 174 valence electrons. The Hall–Kier alpha value is -2.99. The summed E-state index contributed by atoms with van der Waals surface area (Å²) in [4.78, 5) is 32.4. The predicted molar refractivity (Wildman–Crippen MR) is 132 cm³/mol. The third kappa shape index (κ3) is 6.75. The summed E-state index contributed by atoms with van der Waals surface area (Å²) in [5, 5.41) is 0. The van der Waals surface area contributed by atoms with Crippen LogP contribution in [0.5, 0.6) is 0 Å². The molecular weight excluding hydrogens is 435 g/mol. The summed E-state index contributed by atoms with van der Waals surface area (Å²) in [5.74, 6) is -0.588. The van der Waals surface area contributed by atoms with E-state index in [-0.39, 0.29) is 30.2 Å². The lowest BCUT2D eigenvalue weighted by Gasteiger charge is -2.31. The van der Waals surface area contributed by atoms with Crippen molar-refractivity contribution in [1.29, 1.82) is 0 Å². The summed E-state index contributed by atoms with van der Waals surface area (Å²) in [6, 6.07) is 17.6. The molecule has 2 amide bonds. The zero-order valence-corrected chi connectivity index (χ0v) is 20.5. The number of carbonyl (C=O) groups is 2. The number of halogens is 1. The Morgan fingerprint density at radius 1 is 0.939 bits per heavy atom. The number of hydrogen-bond donors (Lipinski definition) is 0. The third-order valence-electron chi connectivity index (χ3n) is 5.77. The third-order valence-corrected chi connectivity index (χ3v) is 6.76. The van der Waals surface area contributed by atoms with Crippen molar-refractivity contribution in [2.75, 3.05) is 6.54 Å². The molecule has 6 heteroatoms. The van der Waals surface area contributed by atoms with E-state index in [0.29, 0.717) is 18.7 Å². The van der Waals surface area contributed by atoms with Gasteiger partial charge in [-0.05, 0) is 69.2 Å². The second-order valence-corrected chi connectivity index (χ2v) is 9.82. The molecule has 0 aliphatic rings. The van der Waals surface area contributed by atoms with Crippen LogP contribution in [0.15, 0.2) is 60.7 Å². The van der Waals surface area contributed by atoms with Crippen molar-refractivity contribution in [3.05, 3.63) is 92.9 Å². The number of carbonyl (C=O) groups excluding carboxylic acids is 2. The van der Waals surface area contributed by atoms with Gasteiger partial charge in [0.1, 0.15) is 12.4 Å². The van der Waals surface area contributed by atoms with E-state index in [1.54, 1.807) is 33.3 Å². The van der Waals surface area contributed by atoms with Crippen LogP contribution in [-0.4, -0.2) is 34.2 Å². The van der Waals surface area contributed by atoms with Crippen LogP contribution in [0.4, 0.5) is 4.39 Å². The number of hydrogen-bond acceptors (Lipinski definition) is 3. The van der Waals surface area contributed by atoms with E-state index in [1.165, 1.54) is 17.0 Å². The highest BCUT2D eigenvalue weighted by atomic mass is 32.1. The molecule has 0 saturated carbocycles. The molecule has 1 heterocycles. The van der Waals surface area contributed by atoms with Crippen LogP contribution in [0, 0.1) is 19.7 Å². The SMILES string of the molecule is CC[C@@H](C)N(CC(=O)N(Cc1ccc(F)cc1)Cc1ccc(C)s1)C(=O)c1ccc(C)cc1. The fraction of sp³-hybridized carbons (Fsp3) is 0.333. The minimum absolute atomic E-state index is 0.00668. The van der Waals surface area contributed by atoms with E-state index in [2.05, 4.69) is 0 Å². The number of rotatable bonds is 9. The molecule has 0 fully saturated rings. The number of amides is 2. The molecular formula is C27H31FN2O2S.